The van der Waals surface area contributed by atoms with E-state index in [1.807, 2.05) is 18.2 Å². The lowest BCUT2D eigenvalue weighted by Gasteiger charge is -2.35. The summed E-state index contributed by atoms with van der Waals surface area (Å²) in [5.41, 5.74) is 2.02. The molecule has 2 aliphatic heterocycles. The number of pyridine rings is 1. The number of aromatic hydroxyl groups is 1. The van der Waals surface area contributed by atoms with Crippen LogP contribution in [0.15, 0.2) is 60.1 Å². The van der Waals surface area contributed by atoms with Crippen molar-refractivity contribution in [3.05, 3.63) is 71.3 Å². The number of ketones is 1. The number of carbonyl (C=O) groups excluding carboxylic acids is 2. The molecule has 0 bridgehead atoms. The van der Waals surface area contributed by atoms with Gasteiger partial charge in [-0.2, -0.15) is 0 Å². The van der Waals surface area contributed by atoms with E-state index >= 15 is 0 Å². The van der Waals surface area contributed by atoms with Gasteiger partial charge in [0.2, 0.25) is 0 Å². The summed E-state index contributed by atoms with van der Waals surface area (Å²) in [6.07, 6.45) is 6.81. The van der Waals surface area contributed by atoms with Crippen LogP contribution in [0.5, 0.6) is 5.75 Å². The lowest BCUT2D eigenvalue weighted by atomic mass is 9.77. The van der Waals surface area contributed by atoms with Gasteiger partial charge in [-0.1, -0.05) is 24.6 Å². The second-order valence-corrected chi connectivity index (χ2v) is 7.95. The van der Waals surface area contributed by atoms with Gasteiger partial charge in [-0.3, -0.25) is 14.6 Å². The minimum absolute atomic E-state index is 0.0197. The van der Waals surface area contributed by atoms with Crippen molar-refractivity contribution in [2.45, 2.75) is 44.4 Å². The van der Waals surface area contributed by atoms with E-state index in [4.69, 9.17) is 4.74 Å². The van der Waals surface area contributed by atoms with Crippen LogP contribution in [0.4, 0.5) is 0 Å². The third-order valence-corrected chi connectivity index (χ3v) is 6.12. The number of ether oxygens (including phenoxy) is 1. The van der Waals surface area contributed by atoms with Crippen LogP contribution in [0.1, 0.15) is 42.9 Å². The van der Waals surface area contributed by atoms with E-state index in [0.717, 1.165) is 31.2 Å². The van der Waals surface area contributed by atoms with E-state index in [9.17, 15) is 14.7 Å². The Hall–Kier alpha value is -3.15. The van der Waals surface area contributed by atoms with Crippen LogP contribution in [0.2, 0.25) is 0 Å². The van der Waals surface area contributed by atoms with Gasteiger partial charge in [0.05, 0.1) is 17.5 Å². The number of rotatable bonds is 3. The Labute approximate surface area is 168 Å². The number of fused-ring (bicyclic) bond motifs is 1. The lowest BCUT2D eigenvalue weighted by molar-refractivity contribution is -0.135. The van der Waals surface area contributed by atoms with E-state index in [-0.39, 0.29) is 35.2 Å². The van der Waals surface area contributed by atoms with Crippen molar-refractivity contribution >= 4 is 11.7 Å². The molecule has 3 atom stereocenters. The minimum atomic E-state index is -0.569. The maximum atomic E-state index is 13.5. The Morgan fingerprint density at radius 1 is 1.14 bits per heavy atom. The van der Waals surface area contributed by atoms with Crippen molar-refractivity contribution < 1.29 is 19.4 Å². The number of phenolic OH excluding ortho intramolecular Hbond substituents is 1. The quantitative estimate of drug-likeness (QED) is 0.870. The van der Waals surface area contributed by atoms with Crippen molar-refractivity contribution in [2.24, 2.45) is 5.92 Å². The van der Waals surface area contributed by atoms with Crippen LogP contribution in [0, 0.1) is 5.92 Å². The molecule has 1 aromatic carbocycles. The van der Waals surface area contributed by atoms with Crippen molar-refractivity contribution in [2.75, 3.05) is 0 Å². The highest BCUT2D eigenvalue weighted by atomic mass is 16.5. The van der Waals surface area contributed by atoms with Gasteiger partial charge >= 0.3 is 0 Å². The van der Waals surface area contributed by atoms with Gasteiger partial charge in [-0.25, -0.2) is 0 Å². The zero-order valence-electron chi connectivity index (χ0n) is 16.0. The molecule has 3 unspecified atom stereocenters. The molecule has 6 nitrogen and oxygen atoms in total. The predicted molar refractivity (Wildman–Crippen MR) is 104 cm³/mol. The summed E-state index contributed by atoms with van der Waals surface area (Å²) < 4.78 is 6.14. The standard InChI is InChI=1S/C23H22N2O4/c26-16-7-3-6-15(11-16)20-19-21(27)17-8-1-2-9-18(17)29-22(19)23(28)25(20)13-14-5-4-10-24-12-14/h3-7,10-12,17-18,20,26H,1-2,8-9,13H2. The number of hydrogen-bond acceptors (Lipinski definition) is 5. The Balaban J connectivity index is 1.60. The van der Waals surface area contributed by atoms with Crippen LogP contribution < -0.4 is 0 Å². The summed E-state index contributed by atoms with van der Waals surface area (Å²) in [6, 6.07) is 9.92. The van der Waals surface area contributed by atoms with Crippen LogP contribution in [0.25, 0.3) is 0 Å². The number of hydrogen-bond donors (Lipinski definition) is 1. The number of carbonyl (C=O) groups is 2. The number of aromatic nitrogens is 1. The van der Waals surface area contributed by atoms with Gasteiger partial charge in [0.25, 0.3) is 5.91 Å². The largest absolute Gasteiger partial charge is 0.508 e. The van der Waals surface area contributed by atoms with E-state index in [0.29, 0.717) is 17.7 Å². The summed E-state index contributed by atoms with van der Waals surface area (Å²) in [5.74, 6) is -0.144. The Morgan fingerprint density at radius 3 is 2.79 bits per heavy atom. The molecule has 0 saturated heterocycles. The topological polar surface area (TPSA) is 79.7 Å². The fraction of sp³-hybridized carbons (Fsp3) is 0.348. The molecule has 0 spiro atoms. The third kappa shape index (κ3) is 2.99. The molecule has 1 saturated carbocycles. The number of benzene rings is 1. The maximum absolute atomic E-state index is 13.5. The normalized spacial score (nSPS) is 26.2. The number of phenols is 1. The van der Waals surface area contributed by atoms with E-state index in [1.54, 1.807) is 35.5 Å². The van der Waals surface area contributed by atoms with Crippen LogP contribution in [-0.4, -0.2) is 32.8 Å². The number of amides is 1. The molecule has 2 aromatic rings. The highest BCUT2D eigenvalue weighted by Gasteiger charge is 2.51. The van der Waals surface area contributed by atoms with Gasteiger partial charge in [0.1, 0.15) is 11.9 Å². The minimum Gasteiger partial charge on any atom is -0.508 e. The van der Waals surface area contributed by atoms with Crippen molar-refractivity contribution in [3.63, 3.8) is 0 Å². The zero-order chi connectivity index (χ0) is 20.0. The molecule has 6 heteroatoms. The van der Waals surface area contributed by atoms with E-state index in [1.165, 1.54) is 0 Å². The molecule has 0 radical (unpaired) electrons. The van der Waals surface area contributed by atoms with Gasteiger partial charge < -0.3 is 14.7 Å². The Kier molecular flexibility index (Phi) is 4.34. The lowest BCUT2D eigenvalue weighted by Crippen LogP contribution is -2.39. The molecule has 3 heterocycles. The molecule has 1 amide bonds. The van der Waals surface area contributed by atoms with Crippen LogP contribution in [0.3, 0.4) is 0 Å². The zero-order valence-corrected chi connectivity index (χ0v) is 16.0. The summed E-state index contributed by atoms with van der Waals surface area (Å²) in [6.45, 7) is 0.311. The molecular weight excluding hydrogens is 368 g/mol. The Bertz CT molecular complexity index is 1000. The first-order chi connectivity index (χ1) is 14.1. The fourth-order valence-corrected chi connectivity index (χ4v) is 4.79. The Morgan fingerprint density at radius 2 is 2.00 bits per heavy atom. The monoisotopic (exact) mass is 390 g/mol. The average Bonchev–Trinajstić information content (AvgIpc) is 3.01. The van der Waals surface area contributed by atoms with Gasteiger partial charge in [0, 0.05) is 18.9 Å². The van der Waals surface area contributed by atoms with Gasteiger partial charge in [0.15, 0.2) is 11.5 Å². The summed E-state index contributed by atoms with van der Waals surface area (Å²) in [5, 5.41) is 10.0. The average molecular weight is 390 g/mol. The summed E-state index contributed by atoms with van der Waals surface area (Å²) >= 11 is 0. The molecule has 1 aromatic heterocycles. The maximum Gasteiger partial charge on any atom is 0.290 e. The second-order valence-electron chi connectivity index (χ2n) is 7.95. The first kappa shape index (κ1) is 17.9. The molecule has 1 aliphatic carbocycles. The van der Waals surface area contributed by atoms with E-state index < -0.39 is 6.04 Å². The number of Topliss-reactive ketones (excluding diaryl/α,β-unsaturated/α-hetero) is 1. The van der Waals surface area contributed by atoms with Crippen molar-refractivity contribution in [3.8, 4) is 5.75 Å². The van der Waals surface area contributed by atoms with Crippen molar-refractivity contribution in [1.82, 2.24) is 9.88 Å². The molecule has 148 valence electrons. The molecule has 1 N–H and O–H groups in total. The SMILES string of the molecule is O=C1C2=C(OC3CCCCC13)C(=O)N(Cc1cccnc1)C2c1cccc(O)c1. The first-order valence-electron chi connectivity index (χ1n) is 10.1. The summed E-state index contributed by atoms with van der Waals surface area (Å²) in [7, 11) is 0. The van der Waals surface area contributed by atoms with Gasteiger partial charge in [-0.15, -0.1) is 0 Å². The van der Waals surface area contributed by atoms with Crippen LogP contribution in [-0.2, 0) is 20.9 Å². The van der Waals surface area contributed by atoms with E-state index in [2.05, 4.69) is 4.98 Å². The molecule has 1 fully saturated rings. The van der Waals surface area contributed by atoms with Crippen LogP contribution >= 0.6 is 0 Å². The first-order valence-corrected chi connectivity index (χ1v) is 10.1. The second kappa shape index (κ2) is 7.03. The third-order valence-electron chi connectivity index (χ3n) is 6.12. The molecular formula is C23H22N2O4. The number of nitrogens with zero attached hydrogens (tertiary/aromatic N) is 2. The molecule has 3 aliphatic rings. The fourth-order valence-electron chi connectivity index (χ4n) is 4.79. The molecule has 29 heavy (non-hydrogen) atoms. The highest BCUT2D eigenvalue weighted by molar-refractivity contribution is 6.11. The highest BCUT2D eigenvalue weighted by Crippen LogP contribution is 2.47. The summed E-state index contributed by atoms with van der Waals surface area (Å²) in [4.78, 5) is 32.6. The van der Waals surface area contributed by atoms with Crippen molar-refractivity contribution in [1.29, 1.82) is 0 Å². The smallest absolute Gasteiger partial charge is 0.290 e. The van der Waals surface area contributed by atoms with Gasteiger partial charge in [-0.05, 0) is 48.6 Å². The predicted octanol–water partition coefficient (Wildman–Crippen LogP) is 3.28. The molecule has 5 rings (SSSR count).